The van der Waals surface area contributed by atoms with Crippen molar-refractivity contribution in [1.29, 1.82) is 0 Å². The van der Waals surface area contributed by atoms with Crippen LogP contribution in [0.4, 0.5) is 0 Å². The molecule has 1 aliphatic heterocycles. The zero-order chi connectivity index (χ0) is 10.3. The second-order valence-electron chi connectivity index (χ2n) is 4.89. The second-order valence-corrected chi connectivity index (χ2v) is 4.89. The summed E-state index contributed by atoms with van der Waals surface area (Å²) in [5, 5.41) is 0. The van der Waals surface area contributed by atoms with E-state index in [1.807, 2.05) is 0 Å². The van der Waals surface area contributed by atoms with E-state index in [9.17, 15) is 0 Å². The van der Waals surface area contributed by atoms with E-state index in [1.165, 1.54) is 11.1 Å². The van der Waals surface area contributed by atoms with E-state index in [1.54, 1.807) is 0 Å². The Morgan fingerprint density at radius 2 is 1.71 bits per heavy atom. The first kappa shape index (κ1) is 9.72. The molecular weight excluding hydrogens is 172 g/mol. The third-order valence-corrected chi connectivity index (χ3v) is 3.44. The number of rotatable bonds is 1. The summed E-state index contributed by atoms with van der Waals surface area (Å²) in [6, 6.07) is 8.65. The van der Waals surface area contributed by atoms with E-state index in [-0.39, 0.29) is 11.5 Å². The van der Waals surface area contributed by atoms with Crippen molar-refractivity contribution in [2.24, 2.45) is 5.41 Å². The molecule has 1 nitrogen and oxygen atoms in total. The highest BCUT2D eigenvalue weighted by molar-refractivity contribution is 5.26. The highest BCUT2D eigenvalue weighted by Crippen LogP contribution is 2.50. The van der Waals surface area contributed by atoms with E-state index in [0.29, 0.717) is 6.10 Å². The molecule has 1 aromatic carbocycles. The van der Waals surface area contributed by atoms with Crippen LogP contribution in [0.15, 0.2) is 24.3 Å². The van der Waals surface area contributed by atoms with Gasteiger partial charge in [0.25, 0.3) is 0 Å². The number of hydrogen-bond acceptors (Lipinski definition) is 1. The van der Waals surface area contributed by atoms with Gasteiger partial charge in [0.15, 0.2) is 0 Å². The molecule has 2 rings (SSSR count). The minimum atomic E-state index is 0.273. The molecule has 1 aliphatic rings. The van der Waals surface area contributed by atoms with E-state index in [2.05, 4.69) is 52.0 Å². The van der Waals surface area contributed by atoms with Crippen LogP contribution < -0.4 is 0 Å². The smallest absolute Gasteiger partial charge is 0.0904 e. The summed E-state index contributed by atoms with van der Waals surface area (Å²) in [7, 11) is 0. The van der Waals surface area contributed by atoms with E-state index >= 15 is 0 Å². The van der Waals surface area contributed by atoms with Crippen molar-refractivity contribution in [2.45, 2.75) is 39.9 Å². The molecule has 0 aliphatic carbocycles. The average Bonchev–Trinajstić information content (AvgIpc) is 2.16. The number of benzene rings is 1. The quantitative estimate of drug-likeness (QED) is 0.658. The van der Waals surface area contributed by atoms with Crippen LogP contribution in [0.1, 0.15) is 38.0 Å². The van der Waals surface area contributed by atoms with Gasteiger partial charge >= 0.3 is 0 Å². The van der Waals surface area contributed by atoms with Gasteiger partial charge in [-0.15, -0.1) is 0 Å². The van der Waals surface area contributed by atoms with Gasteiger partial charge in [0.1, 0.15) is 0 Å². The van der Waals surface area contributed by atoms with Crippen molar-refractivity contribution in [3.63, 3.8) is 0 Å². The fourth-order valence-corrected chi connectivity index (χ4v) is 1.95. The summed E-state index contributed by atoms with van der Waals surface area (Å²) < 4.78 is 5.78. The van der Waals surface area contributed by atoms with Gasteiger partial charge in [-0.2, -0.15) is 0 Å². The Kier molecular flexibility index (Phi) is 2.15. The summed E-state index contributed by atoms with van der Waals surface area (Å²) in [5.74, 6) is 0. The van der Waals surface area contributed by atoms with Crippen LogP contribution in [0.25, 0.3) is 0 Å². The molecule has 0 radical (unpaired) electrons. The Labute approximate surface area is 86.1 Å². The molecule has 1 saturated heterocycles. The molecule has 1 heterocycles. The lowest BCUT2D eigenvalue weighted by atomic mass is 9.73. The van der Waals surface area contributed by atoms with Crippen LogP contribution in [0, 0.1) is 12.3 Å². The fourth-order valence-electron chi connectivity index (χ4n) is 1.95. The predicted molar refractivity (Wildman–Crippen MR) is 58.2 cm³/mol. The molecule has 0 saturated carbocycles. The summed E-state index contributed by atoms with van der Waals surface area (Å²) in [6.45, 7) is 8.79. The van der Waals surface area contributed by atoms with Crippen LogP contribution in [-0.4, -0.2) is 6.10 Å². The first-order chi connectivity index (χ1) is 6.51. The lowest BCUT2D eigenvalue weighted by molar-refractivity contribution is -0.230. The molecule has 76 valence electrons. The van der Waals surface area contributed by atoms with Gasteiger partial charge in [-0.05, 0) is 19.4 Å². The second kappa shape index (κ2) is 3.09. The molecule has 0 amide bonds. The number of aryl methyl sites for hydroxylation is 1. The van der Waals surface area contributed by atoms with E-state index in [4.69, 9.17) is 4.74 Å². The van der Waals surface area contributed by atoms with Gasteiger partial charge in [-0.25, -0.2) is 0 Å². The fraction of sp³-hybridized carbons (Fsp3) is 0.538. The van der Waals surface area contributed by atoms with E-state index in [0.717, 1.165) is 0 Å². The molecule has 1 fully saturated rings. The third-order valence-electron chi connectivity index (χ3n) is 3.44. The molecule has 14 heavy (non-hydrogen) atoms. The Morgan fingerprint density at radius 3 is 2.14 bits per heavy atom. The van der Waals surface area contributed by atoms with Crippen LogP contribution in [-0.2, 0) is 4.74 Å². The largest absolute Gasteiger partial charge is 0.369 e. The standard InChI is InChI=1S/C13H18O/c1-9-5-7-11(8-6-9)12-13(3,4)10(2)14-12/h5-8,10,12H,1-4H3. The van der Waals surface area contributed by atoms with Crippen molar-refractivity contribution >= 4 is 0 Å². The van der Waals surface area contributed by atoms with Crippen LogP contribution in [0.3, 0.4) is 0 Å². The summed E-state index contributed by atoms with van der Waals surface area (Å²) >= 11 is 0. The SMILES string of the molecule is Cc1ccc(C2OC(C)C2(C)C)cc1. The topological polar surface area (TPSA) is 9.23 Å². The third kappa shape index (κ3) is 1.36. The van der Waals surface area contributed by atoms with Gasteiger partial charge in [-0.3, -0.25) is 0 Å². The summed E-state index contributed by atoms with van der Waals surface area (Å²) in [4.78, 5) is 0. The Hall–Kier alpha value is -0.820. The summed E-state index contributed by atoms with van der Waals surface area (Å²) in [5.41, 5.74) is 2.88. The van der Waals surface area contributed by atoms with Crippen molar-refractivity contribution in [1.82, 2.24) is 0 Å². The van der Waals surface area contributed by atoms with Crippen molar-refractivity contribution < 1.29 is 4.74 Å². The zero-order valence-electron chi connectivity index (χ0n) is 9.37. The van der Waals surface area contributed by atoms with E-state index < -0.39 is 0 Å². The molecule has 2 atom stereocenters. The molecular formula is C13H18O. The van der Waals surface area contributed by atoms with Crippen molar-refractivity contribution in [2.75, 3.05) is 0 Å². The molecule has 0 aromatic heterocycles. The van der Waals surface area contributed by atoms with Gasteiger partial charge in [0.05, 0.1) is 12.2 Å². The van der Waals surface area contributed by atoms with Gasteiger partial charge in [0, 0.05) is 5.41 Å². The highest BCUT2D eigenvalue weighted by atomic mass is 16.5. The Balaban J connectivity index is 2.22. The predicted octanol–water partition coefficient (Wildman–Crippen LogP) is 3.48. The van der Waals surface area contributed by atoms with Crippen LogP contribution >= 0.6 is 0 Å². The Morgan fingerprint density at radius 1 is 1.14 bits per heavy atom. The zero-order valence-corrected chi connectivity index (χ0v) is 9.37. The van der Waals surface area contributed by atoms with Crippen molar-refractivity contribution in [3.05, 3.63) is 35.4 Å². The molecule has 1 aromatic rings. The maximum absolute atomic E-state index is 5.78. The van der Waals surface area contributed by atoms with Crippen molar-refractivity contribution in [3.8, 4) is 0 Å². The summed E-state index contributed by atoms with van der Waals surface area (Å²) in [6.07, 6.45) is 0.645. The molecule has 2 unspecified atom stereocenters. The Bertz CT molecular complexity index is 324. The minimum absolute atomic E-state index is 0.273. The maximum atomic E-state index is 5.78. The van der Waals surface area contributed by atoms with Gasteiger partial charge < -0.3 is 4.74 Å². The normalized spacial score (nSPS) is 29.7. The van der Waals surface area contributed by atoms with Gasteiger partial charge in [0.2, 0.25) is 0 Å². The number of ether oxygens (including phenoxy) is 1. The first-order valence-corrected chi connectivity index (χ1v) is 5.24. The average molecular weight is 190 g/mol. The minimum Gasteiger partial charge on any atom is -0.369 e. The highest BCUT2D eigenvalue weighted by Gasteiger charge is 2.47. The lowest BCUT2D eigenvalue weighted by Gasteiger charge is -2.50. The monoisotopic (exact) mass is 190 g/mol. The van der Waals surface area contributed by atoms with Gasteiger partial charge in [-0.1, -0.05) is 43.7 Å². The van der Waals surface area contributed by atoms with Crippen LogP contribution in [0.5, 0.6) is 0 Å². The number of hydrogen-bond donors (Lipinski definition) is 0. The molecule has 0 N–H and O–H groups in total. The van der Waals surface area contributed by atoms with Crippen LogP contribution in [0.2, 0.25) is 0 Å². The lowest BCUT2D eigenvalue weighted by Crippen LogP contribution is -2.48. The molecule has 0 bridgehead atoms. The molecule has 0 spiro atoms. The maximum Gasteiger partial charge on any atom is 0.0904 e. The first-order valence-electron chi connectivity index (χ1n) is 5.24. The molecule has 1 heteroatoms.